The molecule has 1 aromatic rings. The fourth-order valence-electron chi connectivity index (χ4n) is 1.40. The highest BCUT2D eigenvalue weighted by molar-refractivity contribution is 6.33. The second-order valence-corrected chi connectivity index (χ2v) is 6.37. The highest BCUT2D eigenvalue weighted by Crippen LogP contribution is 2.26. The topological polar surface area (TPSA) is 67.4 Å². The van der Waals surface area contributed by atoms with Gasteiger partial charge in [0.1, 0.15) is 5.60 Å². The molecule has 2 N–H and O–H groups in total. The second kappa shape index (κ2) is 6.80. The van der Waals surface area contributed by atoms with Gasteiger partial charge in [-0.2, -0.15) is 0 Å². The SMILES string of the molecule is CC(C)C(=O)Nc1cc(NC(=O)OC(C)(C)C)ccc1Cl. The van der Waals surface area contributed by atoms with Crippen molar-refractivity contribution in [2.45, 2.75) is 40.2 Å². The number of anilines is 2. The van der Waals surface area contributed by atoms with E-state index >= 15 is 0 Å². The lowest BCUT2D eigenvalue weighted by Gasteiger charge is -2.20. The van der Waals surface area contributed by atoms with Gasteiger partial charge in [0.2, 0.25) is 5.91 Å². The van der Waals surface area contributed by atoms with E-state index in [-0.39, 0.29) is 11.8 Å². The van der Waals surface area contributed by atoms with E-state index in [0.29, 0.717) is 16.4 Å². The molecule has 1 rings (SSSR count). The second-order valence-electron chi connectivity index (χ2n) is 5.97. The zero-order valence-corrected chi connectivity index (χ0v) is 13.7. The number of halogens is 1. The third-order valence-corrected chi connectivity index (χ3v) is 2.72. The Balaban J connectivity index is 2.82. The predicted molar refractivity (Wildman–Crippen MR) is 84.8 cm³/mol. The van der Waals surface area contributed by atoms with Gasteiger partial charge in [-0.1, -0.05) is 25.4 Å². The summed E-state index contributed by atoms with van der Waals surface area (Å²) >= 11 is 6.03. The molecule has 0 fully saturated rings. The molecule has 0 spiro atoms. The predicted octanol–water partition coefficient (Wildman–Crippen LogP) is 4.28. The van der Waals surface area contributed by atoms with Crippen LogP contribution in [0.3, 0.4) is 0 Å². The average Bonchev–Trinajstić information content (AvgIpc) is 2.30. The molecule has 0 saturated carbocycles. The van der Waals surface area contributed by atoms with Gasteiger partial charge in [-0.15, -0.1) is 0 Å². The molecule has 0 atom stereocenters. The van der Waals surface area contributed by atoms with Crippen LogP contribution in [0, 0.1) is 5.92 Å². The Morgan fingerprint density at radius 3 is 2.33 bits per heavy atom. The minimum absolute atomic E-state index is 0.147. The Labute approximate surface area is 130 Å². The third kappa shape index (κ3) is 6.04. The number of nitrogens with one attached hydrogen (secondary N) is 2. The van der Waals surface area contributed by atoms with E-state index in [1.165, 1.54) is 0 Å². The van der Waals surface area contributed by atoms with Crippen molar-refractivity contribution in [3.63, 3.8) is 0 Å². The van der Waals surface area contributed by atoms with Gasteiger partial charge >= 0.3 is 6.09 Å². The lowest BCUT2D eigenvalue weighted by molar-refractivity contribution is -0.118. The Morgan fingerprint density at radius 2 is 1.81 bits per heavy atom. The van der Waals surface area contributed by atoms with E-state index in [1.807, 2.05) is 0 Å². The molecule has 0 aliphatic rings. The average molecular weight is 313 g/mol. The highest BCUT2D eigenvalue weighted by Gasteiger charge is 2.17. The van der Waals surface area contributed by atoms with E-state index in [1.54, 1.807) is 52.8 Å². The van der Waals surface area contributed by atoms with Crippen LogP contribution in [-0.4, -0.2) is 17.6 Å². The van der Waals surface area contributed by atoms with Crippen molar-refractivity contribution in [1.82, 2.24) is 0 Å². The summed E-state index contributed by atoms with van der Waals surface area (Å²) in [6.07, 6.45) is -0.564. The van der Waals surface area contributed by atoms with Crippen LogP contribution in [0.4, 0.5) is 16.2 Å². The number of hydrogen-bond acceptors (Lipinski definition) is 3. The number of amides is 2. The smallest absolute Gasteiger partial charge is 0.412 e. The Bertz CT molecular complexity index is 536. The van der Waals surface area contributed by atoms with E-state index < -0.39 is 11.7 Å². The summed E-state index contributed by atoms with van der Waals surface area (Å²) < 4.78 is 5.16. The van der Waals surface area contributed by atoms with Gasteiger partial charge in [0.25, 0.3) is 0 Å². The van der Waals surface area contributed by atoms with Gasteiger partial charge < -0.3 is 10.1 Å². The number of rotatable bonds is 3. The standard InChI is InChI=1S/C15H21ClN2O3/c1-9(2)13(19)18-12-8-10(6-7-11(12)16)17-14(20)21-15(3,4)5/h6-9H,1-5H3,(H,17,20)(H,18,19). The maximum absolute atomic E-state index is 11.7. The Kier molecular flexibility index (Phi) is 5.61. The molecule has 21 heavy (non-hydrogen) atoms. The monoisotopic (exact) mass is 312 g/mol. The summed E-state index contributed by atoms with van der Waals surface area (Å²) in [4.78, 5) is 23.4. The fraction of sp³-hybridized carbons (Fsp3) is 0.467. The van der Waals surface area contributed by atoms with Gasteiger partial charge in [0.15, 0.2) is 0 Å². The molecule has 116 valence electrons. The van der Waals surface area contributed by atoms with Crippen LogP contribution in [0.15, 0.2) is 18.2 Å². The van der Waals surface area contributed by atoms with Gasteiger partial charge in [0.05, 0.1) is 10.7 Å². The van der Waals surface area contributed by atoms with Crippen LogP contribution in [0.2, 0.25) is 5.02 Å². The van der Waals surface area contributed by atoms with E-state index in [2.05, 4.69) is 10.6 Å². The summed E-state index contributed by atoms with van der Waals surface area (Å²) in [5, 5.41) is 5.71. The first-order valence-electron chi connectivity index (χ1n) is 6.69. The first kappa shape index (κ1) is 17.3. The van der Waals surface area contributed by atoms with Gasteiger partial charge in [-0.25, -0.2) is 4.79 Å². The van der Waals surface area contributed by atoms with Gasteiger partial charge in [-0.05, 0) is 39.0 Å². The fourth-order valence-corrected chi connectivity index (χ4v) is 1.56. The third-order valence-electron chi connectivity index (χ3n) is 2.39. The quantitative estimate of drug-likeness (QED) is 0.875. The lowest BCUT2D eigenvalue weighted by Crippen LogP contribution is -2.27. The molecule has 0 unspecified atom stereocenters. The molecule has 2 amide bonds. The minimum atomic E-state index is -0.578. The largest absolute Gasteiger partial charge is 0.444 e. The maximum atomic E-state index is 11.7. The Morgan fingerprint density at radius 1 is 1.19 bits per heavy atom. The van der Waals surface area contributed by atoms with Crippen molar-refractivity contribution >= 4 is 35.0 Å². The molecule has 6 heteroatoms. The molecule has 0 aliphatic carbocycles. The number of hydrogen-bond donors (Lipinski definition) is 2. The molecule has 5 nitrogen and oxygen atoms in total. The number of carbonyl (C=O) groups excluding carboxylic acids is 2. The molecular weight excluding hydrogens is 292 g/mol. The summed E-state index contributed by atoms with van der Waals surface area (Å²) in [7, 11) is 0. The molecule has 1 aromatic carbocycles. The van der Waals surface area contributed by atoms with Crippen molar-refractivity contribution in [3.05, 3.63) is 23.2 Å². The number of benzene rings is 1. The minimum Gasteiger partial charge on any atom is -0.444 e. The number of ether oxygens (including phenoxy) is 1. The van der Waals surface area contributed by atoms with Crippen molar-refractivity contribution in [2.75, 3.05) is 10.6 Å². The maximum Gasteiger partial charge on any atom is 0.412 e. The zero-order valence-electron chi connectivity index (χ0n) is 12.9. The molecule has 0 bridgehead atoms. The van der Waals surface area contributed by atoms with Crippen molar-refractivity contribution < 1.29 is 14.3 Å². The van der Waals surface area contributed by atoms with Crippen LogP contribution in [0.5, 0.6) is 0 Å². The number of carbonyl (C=O) groups is 2. The van der Waals surface area contributed by atoms with Crippen LogP contribution in [0.25, 0.3) is 0 Å². The molecular formula is C15H21ClN2O3. The van der Waals surface area contributed by atoms with Crippen LogP contribution in [0.1, 0.15) is 34.6 Å². The summed E-state index contributed by atoms with van der Waals surface area (Å²) in [5.74, 6) is -0.310. The first-order chi connectivity index (χ1) is 9.58. The summed E-state index contributed by atoms with van der Waals surface area (Å²) in [5.41, 5.74) is 0.363. The summed E-state index contributed by atoms with van der Waals surface area (Å²) in [6.45, 7) is 8.91. The molecule has 0 radical (unpaired) electrons. The molecule has 0 saturated heterocycles. The van der Waals surface area contributed by atoms with Gasteiger partial charge in [0, 0.05) is 11.6 Å². The van der Waals surface area contributed by atoms with Crippen molar-refractivity contribution in [2.24, 2.45) is 5.92 Å². The first-order valence-corrected chi connectivity index (χ1v) is 7.06. The molecule has 0 heterocycles. The zero-order chi connectivity index (χ0) is 16.2. The van der Waals surface area contributed by atoms with Crippen LogP contribution < -0.4 is 10.6 Å². The normalized spacial score (nSPS) is 11.2. The van der Waals surface area contributed by atoms with Crippen LogP contribution in [-0.2, 0) is 9.53 Å². The van der Waals surface area contributed by atoms with Gasteiger partial charge in [-0.3, -0.25) is 10.1 Å². The van der Waals surface area contributed by atoms with E-state index in [0.717, 1.165) is 0 Å². The van der Waals surface area contributed by atoms with Crippen LogP contribution >= 0.6 is 11.6 Å². The van der Waals surface area contributed by atoms with E-state index in [9.17, 15) is 9.59 Å². The highest BCUT2D eigenvalue weighted by atomic mass is 35.5. The van der Waals surface area contributed by atoms with E-state index in [4.69, 9.17) is 16.3 Å². The molecule has 0 aliphatic heterocycles. The summed E-state index contributed by atoms with van der Waals surface area (Å²) in [6, 6.07) is 4.83. The lowest BCUT2D eigenvalue weighted by atomic mass is 10.2. The van der Waals surface area contributed by atoms with Crippen molar-refractivity contribution in [1.29, 1.82) is 0 Å². The Hall–Kier alpha value is -1.75. The molecule has 0 aromatic heterocycles. The van der Waals surface area contributed by atoms with Crippen molar-refractivity contribution in [3.8, 4) is 0 Å².